The first-order valence-electron chi connectivity index (χ1n) is 4.39. The number of ketones is 1. The van der Waals surface area contributed by atoms with E-state index in [1.807, 2.05) is 6.07 Å². The zero-order valence-corrected chi connectivity index (χ0v) is 7.49. The maximum atomic E-state index is 11.7. The molecule has 72 valence electrons. The fourth-order valence-corrected chi connectivity index (χ4v) is 1.39. The average Bonchev–Trinajstić information content (AvgIpc) is 2.65. The van der Waals surface area contributed by atoms with E-state index >= 15 is 0 Å². The lowest BCUT2D eigenvalue weighted by molar-refractivity contribution is -0.118. The number of carbonyl (C=O) groups excluding carboxylic acids is 2. The Balaban J connectivity index is 2.13. The molecular formula is C10H10N2O2. The van der Waals surface area contributed by atoms with Crippen LogP contribution >= 0.6 is 0 Å². The van der Waals surface area contributed by atoms with Crippen LogP contribution in [0.2, 0.25) is 0 Å². The highest BCUT2D eigenvalue weighted by atomic mass is 16.2. The molecule has 1 heterocycles. The third-order valence-corrected chi connectivity index (χ3v) is 2.09. The van der Waals surface area contributed by atoms with Crippen LogP contribution in [0.4, 0.5) is 0 Å². The van der Waals surface area contributed by atoms with Gasteiger partial charge in [-0.15, -0.1) is 0 Å². The largest absolute Gasteiger partial charge is 0.333 e. The molecule has 4 nitrogen and oxygen atoms in total. The zero-order valence-electron chi connectivity index (χ0n) is 7.49. The van der Waals surface area contributed by atoms with E-state index in [1.54, 1.807) is 24.3 Å². The van der Waals surface area contributed by atoms with Crippen LogP contribution in [0.3, 0.4) is 0 Å². The highest BCUT2D eigenvalue weighted by molar-refractivity contribution is 6.03. The Labute approximate surface area is 81.3 Å². The number of hydrogen-bond donors (Lipinski definition) is 2. The van der Waals surface area contributed by atoms with Gasteiger partial charge in [-0.25, -0.2) is 0 Å². The minimum absolute atomic E-state index is 0.101. The maximum Gasteiger partial charge on any atom is 0.235 e. The van der Waals surface area contributed by atoms with Crippen LogP contribution in [0.15, 0.2) is 30.3 Å². The Bertz CT molecular complexity index is 362. The number of carbonyl (C=O) groups is 2. The van der Waals surface area contributed by atoms with E-state index in [4.69, 9.17) is 0 Å². The van der Waals surface area contributed by atoms with Crippen molar-refractivity contribution in [1.82, 2.24) is 10.6 Å². The van der Waals surface area contributed by atoms with Crippen molar-refractivity contribution in [3.63, 3.8) is 0 Å². The molecule has 0 aromatic heterocycles. The summed E-state index contributed by atoms with van der Waals surface area (Å²) in [6, 6.07) is 8.90. The molecule has 1 aromatic rings. The van der Waals surface area contributed by atoms with Gasteiger partial charge in [0.15, 0.2) is 5.78 Å². The quantitative estimate of drug-likeness (QED) is 0.641. The molecule has 1 unspecified atom stereocenters. The molecule has 0 radical (unpaired) electrons. The molecule has 2 rings (SSSR count). The molecule has 4 heteroatoms. The summed E-state index contributed by atoms with van der Waals surface area (Å²) < 4.78 is 0. The first kappa shape index (κ1) is 8.90. The van der Waals surface area contributed by atoms with Gasteiger partial charge in [-0.05, 0) is 0 Å². The van der Waals surface area contributed by atoms with Gasteiger partial charge in [0, 0.05) is 5.56 Å². The second-order valence-electron chi connectivity index (χ2n) is 3.11. The number of amides is 1. The Morgan fingerprint density at radius 2 is 2.00 bits per heavy atom. The molecule has 1 saturated heterocycles. The van der Waals surface area contributed by atoms with E-state index in [9.17, 15) is 9.59 Å². The summed E-state index contributed by atoms with van der Waals surface area (Å²) in [5.41, 5.74) is 0.604. The lowest BCUT2D eigenvalue weighted by Crippen LogP contribution is -2.40. The van der Waals surface area contributed by atoms with E-state index < -0.39 is 6.17 Å². The summed E-state index contributed by atoms with van der Waals surface area (Å²) in [5, 5.41) is 5.35. The molecule has 1 aliphatic heterocycles. The number of hydrogen-bond acceptors (Lipinski definition) is 3. The summed E-state index contributed by atoms with van der Waals surface area (Å²) >= 11 is 0. The molecule has 14 heavy (non-hydrogen) atoms. The van der Waals surface area contributed by atoms with Crippen molar-refractivity contribution in [2.75, 3.05) is 6.54 Å². The van der Waals surface area contributed by atoms with Crippen LogP contribution < -0.4 is 10.6 Å². The van der Waals surface area contributed by atoms with Gasteiger partial charge < -0.3 is 5.32 Å². The number of Topliss-reactive ketones (excluding diaryl/α,β-unsaturated/α-hetero) is 1. The SMILES string of the molecule is O=C1CNC(C(=O)c2ccccc2)N1. The van der Waals surface area contributed by atoms with Crippen LogP contribution in [0, 0.1) is 0 Å². The highest BCUT2D eigenvalue weighted by Gasteiger charge is 2.26. The molecule has 0 saturated carbocycles. The summed E-state index contributed by atoms with van der Waals surface area (Å²) in [6.45, 7) is 0.212. The molecule has 0 spiro atoms. The maximum absolute atomic E-state index is 11.7. The van der Waals surface area contributed by atoms with Gasteiger partial charge in [0.1, 0.15) is 6.17 Å². The monoisotopic (exact) mass is 190 g/mol. The van der Waals surface area contributed by atoms with Gasteiger partial charge >= 0.3 is 0 Å². The molecule has 1 amide bonds. The third-order valence-electron chi connectivity index (χ3n) is 2.09. The molecular weight excluding hydrogens is 180 g/mol. The fraction of sp³-hybridized carbons (Fsp3) is 0.200. The Morgan fingerprint density at radius 1 is 1.29 bits per heavy atom. The average molecular weight is 190 g/mol. The van der Waals surface area contributed by atoms with E-state index in [0.29, 0.717) is 5.56 Å². The van der Waals surface area contributed by atoms with Crippen molar-refractivity contribution in [3.8, 4) is 0 Å². The highest BCUT2D eigenvalue weighted by Crippen LogP contribution is 2.03. The summed E-state index contributed by atoms with van der Waals surface area (Å²) in [7, 11) is 0. The van der Waals surface area contributed by atoms with Gasteiger partial charge in [0.05, 0.1) is 6.54 Å². The normalized spacial score (nSPS) is 20.6. The number of nitrogens with one attached hydrogen (secondary N) is 2. The van der Waals surface area contributed by atoms with Crippen LogP contribution in [0.5, 0.6) is 0 Å². The van der Waals surface area contributed by atoms with Crippen molar-refractivity contribution in [2.24, 2.45) is 0 Å². The summed E-state index contributed by atoms with van der Waals surface area (Å²) in [5.74, 6) is -0.240. The standard InChI is InChI=1S/C10H10N2O2/c13-8-6-11-10(12-8)9(14)7-4-2-1-3-5-7/h1-5,10-11H,6H2,(H,12,13). The Hall–Kier alpha value is -1.68. The van der Waals surface area contributed by atoms with E-state index in [0.717, 1.165) is 0 Å². The van der Waals surface area contributed by atoms with Crippen LogP contribution in [0.25, 0.3) is 0 Å². The molecule has 1 aliphatic rings. The minimum Gasteiger partial charge on any atom is -0.333 e. The van der Waals surface area contributed by atoms with Crippen LogP contribution in [0.1, 0.15) is 10.4 Å². The van der Waals surface area contributed by atoms with E-state index in [2.05, 4.69) is 10.6 Å². The molecule has 0 aliphatic carbocycles. The van der Waals surface area contributed by atoms with Crippen molar-refractivity contribution in [1.29, 1.82) is 0 Å². The van der Waals surface area contributed by atoms with Crippen molar-refractivity contribution >= 4 is 11.7 Å². The van der Waals surface area contributed by atoms with Gasteiger partial charge in [0.2, 0.25) is 5.91 Å². The molecule has 2 N–H and O–H groups in total. The lowest BCUT2D eigenvalue weighted by atomic mass is 10.1. The van der Waals surface area contributed by atoms with Gasteiger partial charge in [-0.1, -0.05) is 30.3 Å². The van der Waals surface area contributed by atoms with Crippen molar-refractivity contribution < 1.29 is 9.59 Å². The molecule has 1 aromatic carbocycles. The Morgan fingerprint density at radius 3 is 2.57 bits per heavy atom. The smallest absolute Gasteiger partial charge is 0.235 e. The molecule has 1 fully saturated rings. The molecule has 0 bridgehead atoms. The summed E-state index contributed by atoms with van der Waals surface area (Å²) in [6.07, 6.45) is -0.565. The van der Waals surface area contributed by atoms with E-state index in [-0.39, 0.29) is 18.2 Å². The van der Waals surface area contributed by atoms with Crippen molar-refractivity contribution in [2.45, 2.75) is 6.17 Å². The topological polar surface area (TPSA) is 58.2 Å². The number of rotatable bonds is 2. The Kier molecular flexibility index (Phi) is 2.28. The fourth-order valence-electron chi connectivity index (χ4n) is 1.39. The van der Waals surface area contributed by atoms with Crippen LogP contribution in [-0.2, 0) is 4.79 Å². The second-order valence-corrected chi connectivity index (χ2v) is 3.11. The van der Waals surface area contributed by atoms with Gasteiger partial charge in [0.25, 0.3) is 0 Å². The van der Waals surface area contributed by atoms with E-state index in [1.165, 1.54) is 0 Å². The minimum atomic E-state index is -0.565. The predicted molar refractivity (Wildman–Crippen MR) is 50.7 cm³/mol. The first-order valence-corrected chi connectivity index (χ1v) is 4.39. The summed E-state index contributed by atoms with van der Waals surface area (Å²) in [4.78, 5) is 22.6. The van der Waals surface area contributed by atoms with Crippen LogP contribution in [-0.4, -0.2) is 24.4 Å². The third kappa shape index (κ3) is 1.65. The number of benzene rings is 1. The van der Waals surface area contributed by atoms with Crippen molar-refractivity contribution in [3.05, 3.63) is 35.9 Å². The lowest BCUT2D eigenvalue weighted by Gasteiger charge is -2.08. The molecule has 1 atom stereocenters. The van der Waals surface area contributed by atoms with Gasteiger partial charge in [-0.3, -0.25) is 14.9 Å². The predicted octanol–water partition coefficient (Wildman–Crippen LogP) is -0.0852. The second kappa shape index (κ2) is 3.59. The first-order chi connectivity index (χ1) is 6.77. The zero-order chi connectivity index (χ0) is 9.97. The van der Waals surface area contributed by atoms with Gasteiger partial charge in [-0.2, -0.15) is 0 Å².